The van der Waals surface area contributed by atoms with Gasteiger partial charge in [0.05, 0.1) is 5.69 Å². The zero-order chi connectivity index (χ0) is 17.3. The van der Waals surface area contributed by atoms with E-state index in [2.05, 4.69) is 28.8 Å². The minimum Gasteiger partial charge on any atom is -0.346 e. The normalized spacial score (nSPS) is 19.1. The zero-order valence-electron chi connectivity index (χ0n) is 15.2. The molecule has 0 spiro atoms. The molecule has 0 radical (unpaired) electrons. The van der Waals surface area contributed by atoms with Crippen molar-refractivity contribution in [2.75, 3.05) is 13.1 Å². The molecule has 0 amide bonds. The SMILES string of the molecule is CCc1nc(CN2CCCC(c3nn(C)c(=O)n3CC)C2)c(C)[nH]1. The van der Waals surface area contributed by atoms with Crippen LogP contribution in [0, 0.1) is 6.92 Å². The molecular weight excluding hydrogens is 304 g/mol. The van der Waals surface area contributed by atoms with Crippen molar-refractivity contribution in [3.05, 3.63) is 33.5 Å². The van der Waals surface area contributed by atoms with E-state index in [0.717, 1.165) is 61.9 Å². The standard InChI is InChI=1S/C17H28N6O/c1-5-15-18-12(3)14(19-15)11-22-9-7-8-13(10-22)16-20-21(4)17(24)23(16)6-2/h13H,5-11H2,1-4H3,(H,18,19). The van der Waals surface area contributed by atoms with Crippen molar-refractivity contribution in [3.8, 4) is 0 Å². The van der Waals surface area contributed by atoms with Gasteiger partial charge in [-0.25, -0.2) is 14.5 Å². The molecule has 0 aromatic carbocycles. The Bertz CT molecular complexity index is 756. The summed E-state index contributed by atoms with van der Waals surface area (Å²) in [4.78, 5) is 22.6. The molecule has 132 valence electrons. The number of nitrogens with one attached hydrogen (secondary N) is 1. The van der Waals surface area contributed by atoms with Gasteiger partial charge in [-0.05, 0) is 33.2 Å². The van der Waals surface area contributed by atoms with E-state index in [1.807, 2.05) is 11.5 Å². The first-order valence-corrected chi connectivity index (χ1v) is 8.93. The molecule has 1 atom stereocenters. The number of rotatable bonds is 5. The molecular formula is C17H28N6O. The maximum atomic E-state index is 12.2. The first-order valence-electron chi connectivity index (χ1n) is 8.93. The molecule has 1 aliphatic heterocycles. The lowest BCUT2D eigenvalue weighted by molar-refractivity contribution is 0.192. The van der Waals surface area contributed by atoms with Crippen LogP contribution in [0.25, 0.3) is 0 Å². The monoisotopic (exact) mass is 332 g/mol. The van der Waals surface area contributed by atoms with Gasteiger partial charge in [0.1, 0.15) is 11.6 Å². The largest absolute Gasteiger partial charge is 0.346 e. The van der Waals surface area contributed by atoms with Gasteiger partial charge >= 0.3 is 5.69 Å². The average Bonchev–Trinajstić information content (AvgIpc) is 3.08. The second-order valence-corrected chi connectivity index (χ2v) is 6.69. The molecule has 0 saturated carbocycles. The summed E-state index contributed by atoms with van der Waals surface area (Å²) < 4.78 is 3.27. The number of hydrogen-bond acceptors (Lipinski definition) is 4. The first kappa shape index (κ1) is 17.0. The number of aromatic amines is 1. The Labute approximate surface area is 142 Å². The van der Waals surface area contributed by atoms with Crippen molar-refractivity contribution in [2.24, 2.45) is 7.05 Å². The molecule has 2 aromatic rings. The highest BCUT2D eigenvalue weighted by atomic mass is 16.2. The highest BCUT2D eigenvalue weighted by molar-refractivity contribution is 5.13. The molecule has 1 unspecified atom stereocenters. The van der Waals surface area contributed by atoms with Gasteiger partial charge in [-0.3, -0.25) is 9.47 Å². The van der Waals surface area contributed by atoms with Crippen LogP contribution in [-0.4, -0.2) is 42.3 Å². The van der Waals surface area contributed by atoms with Crippen molar-refractivity contribution in [3.63, 3.8) is 0 Å². The third-order valence-corrected chi connectivity index (χ3v) is 4.97. The number of piperidine rings is 1. The van der Waals surface area contributed by atoms with Crippen LogP contribution < -0.4 is 5.69 Å². The maximum absolute atomic E-state index is 12.2. The van der Waals surface area contributed by atoms with Crippen LogP contribution in [0.15, 0.2) is 4.79 Å². The van der Waals surface area contributed by atoms with Crippen LogP contribution in [-0.2, 0) is 26.6 Å². The molecule has 0 aliphatic carbocycles. The Hall–Kier alpha value is -1.89. The van der Waals surface area contributed by atoms with Crippen molar-refractivity contribution < 1.29 is 0 Å². The van der Waals surface area contributed by atoms with Crippen molar-refractivity contribution in [1.29, 1.82) is 0 Å². The number of aryl methyl sites for hydroxylation is 3. The molecule has 7 heteroatoms. The van der Waals surface area contributed by atoms with E-state index < -0.39 is 0 Å². The van der Waals surface area contributed by atoms with Crippen LogP contribution in [0.5, 0.6) is 0 Å². The van der Waals surface area contributed by atoms with E-state index in [1.165, 1.54) is 4.68 Å². The number of nitrogens with zero attached hydrogens (tertiary/aromatic N) is 5. The van der Waals surface area contributed by atoms with E-state index in [0.29, 0.717) is 12.5 Å². The topological polar surface area (TPSA) is 71.7 Å². The van der Waals surface area contributed by atoms with Gasteiger partial charge in [0.15, 0.2) is 0 Å². The molecule has 1 aliphatic rings. The minimum absolute atomic E-state index is 0.0136. The first-order chi connectivity index (χ1) is 11.5. The van der Waals surface area contributed by atoms with Crippen molar-refractivity contribution in [1.82, 2.24) is 29.2 Å². The highest BCUT2D eigenvalue weighted by Crippen LogP contribution is 2.26. The smallest absolute Gasteiger partial charge is 0.345 e. The number of hydrogen-bond donors (Lipinski definition) is 1. The Balaban J connectivity index is 1.76. The highest BCUT2D eigenvalue weighted by Gasteiger charge is 2.27. The third-order valence-electron chi connectivity index (χ3n) is 4.97. The number of aromatic nitrogens is 5. The fourth-order valence-electron chi connectivity index (χ4n) is 3.63. The molecule has 0 bridgehead atoms. The second-order valence-electron chi connectivity index (χ2n) is 6.69. The number of H-pyrrole nitrogens is 1. The van der Waals surface area contributed by atoms with Crippen molar-refractivity contribution in [2.45, 2.75) is 59.0 Å². The predicted octanol–water partition coefficient (Wildman–Crippen LogP) is 1.58. The maximum Gasteiger partial charge on any atom is 0.345 e. The van der Waals surface area contributed by atoms with Gasteiger partial charge in [0.2, 0.25) is 0 Å². The molecule has 1 N–H and O–H groups in total. The molecule has 1 fully saturated rings. The summed E-state index contributed by atoms with van der Waals surface area (Å²) >= 11 is 0. The summed E-state index contributed by atoms with van der Waals surface area (Å²) in [5.41, 5.74) is 2.29. The molecule has 3 rings (SSSR count). The average molecular weight is 332 g/mol. The summed E-state index contributed by atoms with van der Waals surface area (Å²) in [5, 5.41) is 4.50. The Morgan fingerprint density at radius 2 is 2.12 bits per heavy atom. The van der Waals surface area contributed by atoms with E-state index >= 15 is 0 Å². The van der Waals surface area contributed by atoms with Gasteiger partial charge in [-0.1, -0.05) is 6.92 Å². The molecule has 1 saturated heterocycles. The van der Waals surface area contributed by atoms with Gasteiger partial charge in [-0.15, -0.1) is 0 Å². The second kappa shape index (κ2) is 6.93. The van der Waals surface area contributed by atoms with Crippen LogP contribution in [0.4, 0.5) is 0 Å². The number of likely N-dealkylation sites (tertiary alicyclic amines) is 1. The molecule has 7 nitrogen and oxygen atoms in total. The van der Waals surface area contributed by atoms with Gasteiger partial charge in [0.25, 0.3) is 0 Å². The minimum atomic E-state index is -0.0136. The zero-order valence-corrected chi connectivity index (χ0v) is 15.2. The van der Waals surface area contributed by atoms with E-state index in [4.69, 9.17) is 4.98 Å². The van der Waals surface area contributed by atoms with E-state index in [-0.39, 0.29) is 5.69 Å². The molecule has 24 heavy (non-hydrogen) atoms. The van der Waals surface area contributed by atoms with Crippen LogP contribution in [0.1, 0.15) is 55.6 Å². The Morgan fingerprint density at radius 3 is 2.79 bits per heavy atom. The fraction of sp³-hybridized carbons (Fsp3) is 0.706. The summed E-state index contributed by atoms with van der Waals surface area (Å²) in [6.45, 7) is 9.77. The lowest BCUT2D eigenvalue weighted by Crippen LogP contribution is -2.35. The van der Waals surface area contributed by atoms with E-state index in [1.54, 1.807) is 7.05 Å². The van der Waals surface area contributed by atoms with Gasteiger partial charge in [0, 0.05) is 44.7 Å². The van der Waals surface area contributed by atoms with Crippen LogP contribution in [0.3, 0.4) is 0 Å². The quantitative estimate of drug-likeness (QED) is 0.902. The summed E-state index contributed by atoms with van der Waals surface area (Å²) in [5.74, 6) is 2.31. The lowest BCUT2D eigenvalue weighted by Gasteiger charge is -2.31. The molecule has 3 heterocycles. The van der Waals surface area contributed by atoms with Gasteiger partial charge in [-0.2, -0.15) is 5.10 Å². The van der Waals surface area contributed by atoms with Crippen molar-refractivity contribution >= 4 is 0 Å². The predicted molar refractivity (Wildman–Crippen MR) is 93.1 cm³/mol. The van der Waals surface area contributed by atoms with Gasteiger partial charge < -0.3 is 4.98 Å². The summed E-state index contributed by atoms with van der Waals surface area (Å²) in [7, 11) is 1.73. The molecule has 2 aromatic heterocycles. The van der Waals surface area contributed by atoms with Crippen LogP contribution in [0.2, 0.25) is 0 Å². The fourth-order valence-corrected chi connectivity index (χ4v) is 3.63. The summed E-state index contributed by atoms with van der Waals surface area (Å²) in [6.07, 6.45) is 3.15. The lowest BCUT2D eigenvalue weighted by atomic mass is 9.97. The summed E-state index contributed by atoms with van der Waals surface area (Å²) in [6, 6.07) is 0. The Kier molecular flexibility index (Phi) is 4.89. The number of imidazole rings is 1. The third kappa shape index (κ3) is 3.17. The van der Waals surface area contributed by atoms with Crippen LogP contribution >= 0.6 is 0 Å². The Morgan fingerprint density at radius 1 is 1.33 bits per heavy atom. The van der Waals surface area contributed by atoms with E-state index in [9.17, 15) is 4.79 Å².